The van der Waals surface area contributed by atoms with Crippen molar-refractivity contribution in [2.24, 2.45) is 0 Å². The Balaban J connectivity index is 0. The molecule has 0 aromatic rings. The van der Waals surface area contributed by atoms with Crippen molar-refractivity contribution in [1.29, 1.82) is 0 Å². The number of hydrogen-bond acceptors (Lipinski definition) is 1. The molecule has 0 aromatic heterocycles. The van der Waals surface area contributed by atoms with E-state index < -0.39 is 0 Å². The van der Waals surface area contributed by atoms with Gasteiger partial charge >= 0.3 is 25.8 Å². The first-order valence-corrected chi connectivity index (χ1v) is 2.83. The second-order valence-corrected chi connectivity index (χ2v) is 1.64. The molecule has 0 aromatic carbocycles. The number of carbonyl (C=O) groups excluding carboxylic acids is 1. The van der Waals surface area contributed by atoms with Gasteiger partial charge in [-0.05, 0) is 6.42 Å². The normalized spacial score (nSPS) is 7.75. The first-order valence-electron chi connectivity index (χ1n) is 2.83. The van der Waals surface area contributed by atoms with Crippen molar-refractivity contribution in [2.75, 3.05) is 0 Å². The van der Waals surface area contributed by atoms with Gasteiger partial charge in [-0.25, -0.2) is 0 Å². The first-order chi connectivity index (χ1) is 3.31. The zero-order chi connectivity index (χ0) is 5.70. The average molecular weight is 218 g/mol. The van der Waals surface area contributed by atoms with Crippen LogP contribution < -0.4 is 0 Å². The van der Waals surface area contributed by atoms with Gasteiger partial charge in [0.15, 0.2) is 0 Å². The van der Waals surface area contributed by atoms with Gasteiger partial charge in [0.05, 0.1) is 0 Å². The van der Waals surface area contributed by atoms with Crippen LogP contribution in [0.25, 0.3) is 0 Å². The van der Waals surface area contributed by atoms with E-state index in [2.05, 4.69) is 0 Å². The van der Waals surface area contributed by atoms with Crippen molar-refractivity contribution >= 4 is 31.6 Å². The number of carbonyl (C=O) groups is 1. The molecule has 1 nitrogen and oxygen atoms in total. The van der Waals surface area contributed by atoms with Gasteiger partial charge in [0.1, 0.15) is 5.78 Å². The van der Waals surface area contributed by atoms with Crippen molar-refractivity contribution in [1.82, 2.24) is 0 Å². The number of Topliss-reactive ketones (excluding diaryl/α,β-unsaturated/α-hetero) is 1. The summed E-state index contributed by atoms with van der Waals surface area (Å²) in [6.07, 6.45) is 2.46. The Morgan fingerprint density at radius 2 is 1.88 bits per heavy atom. The summed E-state index contributed by atoms with van der Waals surface area (Å²) in [5, 5.41) is 0. The molecule has 0 fully saturated rings. The molecule has 0 radical (unpaired) electrons. The van der Waals surface area contributed by atoms with E-state index in [9.17, 15) is 4.79 Å². The molecule has 0 aliphatic carbocycles. The van der Waals surface area contributed by atoms with Crippen LogP contribution in [0.1, 0.15) is 33.1 Å². The number of hydrogen-bond donors (Lipinski definition) is 0. The van der Waals surface area contributed by atoms with E-state index in [0.29, 0.717) is 12.2 Å². The van der Waals surface area contributed by atoms with Crippen LogP contribution in [0.5, 0.6) is 0 Å². The predicted molar refractivity (Wildman–Crippen MR) is 40.1 cm³/mol. The van der Waals surface area contributed by atoms with E-state index >= 15 is 0 Å². The fourth-order valence-corrected chi connectivity index (χ4v) is 0.456. The van der Waals surface area contributed by atoms with E-state index in [0.717, 1.165) is 12.8 Å². The summed E-state index contributed by atoms with van der Waals surface area (Å²) >= 11 is 0. The van der Waals surface area contributed by atoms with E-state index in [1.807, 2.05) is 13.8 Å². The van der Waals surface area contributed by atoms with Crippen molar-refractivity contribution in [3.63, 3.8) is 0 Å². The minimum atomic E-state index is 0. The summed E-state index contributed by atoms with van der Waals surface area (Å²) in [7, 11) is 0. The van der Waals surface area contributed by atoms with Gasteiger partial charge in [0.25, 0.3) is 0 Å². The van der Waals surface area contributed by atoms with Crippen LogP contribution in [-0.4, -0.2) is 31.6 Å². The standard InChI is InChI=1S/C6H12O.In.3H/c1-3-5-6(7)4-2;;;;/h3-5H2,1-2H3;;;;. The summed E-state index contributed by atoms with van der Waals surface area (Å²) in [5.74, 6) is 0.377. The molecule has 0 spiro atoms. The number of ketones is 1. The Morgan fingerprint density at radius 1 is 1.38 bits per heavy atom. The van der Waals surface area contributed by atoms with Crippen molar-refractivity contribution in [3.8, 4) is 0 Å². The first kappa shape index (κ1) is 11.4. The molecule has 0 heterocycles. The summed E-state index contributed by atoms with van der Waals surface area (Å²) in [5.41, 5.74) is 0. The maximum atomic E-state index is 10.4. The summed E-state index contributed by atoms with van der Waals surface area (Å²) in [4.78, 5) is 10.4. The second kappa shape index (κ2) is 7.54. The quantitative estimate of drug-likeness (QED) is 0.677. The molecule has 8 heavy (non-hydrogen) atoms. The minimum absolute atomic E-state index is 0. The molecule has 0 bridgehead atoms. The Kier molecular flexibility index (Phi) is 10.7. The van der Waals surface area contributed by atoms with Gasteiger partial charge < -0.3 is 0 Å². The summed E-state index contributed by atoms with van der Waals surface area (Å²) in [6.45, 7) is 3.92. The topological polar surface area (TPSA) is 17.1 Å². The molecule has 0 atom stereocenters. The molecule has 2 heteroatoms. The molecule has 0 rings (SSSR count). The Bertz CT molecular complexity index is 61.5. The Hall–Kier alpha value is 0.540. The molecule has 48 valence electrons. The van der Waals surface area contributed by atoms with Crippen LogP contribution in [0.3, 0.4) is 0 Å². The zero-order valence-corrected chi connectivity index (χ0v) is 5.03. The third-order valence-electron chi connectivity index (χ3n) is 0.923. The van der Waals surface area contributed by atoms with E-state index in [4.69, 9.17) is 0 Å². The van der Waals surface area contributed by atoms with Crippen LogP contribution in [0.15, 0.2) is 0 Å². The third kappa shape index (κ3) is 6.54. The van der Waals surface area contributed by atoms with Crippen molar-refractivity contribution in [2.45, 2.75) is 33.1 Å². The van der Waals surface area contributed by atoms with Gasteiger partial charge in [-0.3, -0.25) is 4.79 Å². The van der Waals surface area contributed by atoms with Crippen molar-refractivity contribution in [3.05, 3.63) is 0 Å². The molecular formula is C6H15InO. The van der Waals surface area contributed by atoms with E-state index in [-0.39, 0.29) is 25.8 Å². The Morgan fingerprint density at radius 3 is 2.00 bits per heavy atom. The van der Waals surface area contributed by atoms with Crippen molar-refractivity contribution < 1.29 is 4.79 Å². The molecule has 0 saturated carbocycles. The monoisotopic (exact) mass is 218 g/mol. The summed E-state index contributed by atoms with van der Waals surface area (Å²) < 4.78 is 0. The predicted octanol–water partition coefficient (Wildman–Crippen LogP) is 0.582. The second-order valence-electron chi connectivity index (χ2n) is 1.64. The van der Waals surface area contributed by atoms with Gasteiger partial charge in [0.2, 0.25) is 0 Å². The fourth-order valence-electron chi connectivity index (χ4n) is 0.456. The molecule has 0 N–H and O–H groups in total. The third-order valence-corrected chi connectivity index (χ3v) is 0.923. The van der Waals surface area contributed by atoms with E-state index in [1.54, 1.807) is 0 Å². The molecule has 0 saturated heterocycles. The average Bonchev–Trinajstić information content (AvgIpc) is 1.68. The molecule has 0 aliphatic rings. The molecule has 0 unspecified atom stereocenters. The molecule has 0 aliphatic heterocycles. The van der Waals surface area contributed by atoms with Gasteiger partial charge in [-0.1, -0.05) is 13.8 Å². The van der Waals surface area contributed by atoms with Crippen LogP contribution in [0, 0.1) is 0 Å². The molecule has 0 amide bonds. The number of rotatable bonds is 3. The molecular weight excluding hydrogens is 203 g/mol. The van der Waals surface area contributed by atoms with Crippen LogP contribution in [-0.2, 0) is 4.79 Å². The SMILES string of the molecule is CCCC(=O)CC.[InH3]. The summed E-state index contributed by atoms with van der Waals surface area (Å²) in [6, 6.07) is 0. The fraction of sp³-hybridized carbons (Fsp3) is 0.833. The van der Waals surface area contributed by atoms with E-state index in [1.165, 1.54) is 0 Å². The van der Waals surface area contributed by atoms with Gasteiger partial charge in [0, 0.05) is 12.8 Å². The zero-order valence-electron chi connectivity index (χ0n) is 5.03. The Labute approximate surface area is 69.6 Å². The van der Waals surface area contributed by atoms with Crippen LogP contribution in [0.2, 0.25) is 0 Å². The van der Waals surface area contributed by atoms with Crippen LogP contribution in [0.4, 0.5) is 0 Å². The van der Waals surface area contributed by atoms with Gasteiger partial charge in [-0.2, -0.15) is 0 Å². The van der Waals surface area contributed by atoms with Crippen LogP contribution >= 0.6 is 0 Å². The maximum absolute atomic E-state index is 10.4. The van der Waals surface area contributed by atoms with Gasteiger partial charge in [-0.15, -0.1) is 0 Å².